The molecule has 0 aliphatic heterocycles. The molecule has 1 saturated carbocycles. The van der Waals surface area contributed by atoms with Gasteiger partial charge in [0.05, 0.1) is 36.4 Å². The van der Waals surface area contributed by atoms with Crippen LogP contribution in [0, 0.1) is 11.6 Å². The van der Waals surface area contributed by atoms with Crippen LogP contribution in [-0.4, -0.2) is 33.9 Å². The predicted molar refractivity (Wildman–Crippen MR) is 117 cm³/mol. The minimum atomic E-state index is -1.07. The lowest BCUT2D eigenvalue weighted by Gasteiger charge is -2.11. The molecule has 0 spiro atoms. The molecule has 0 saturated heterocycles. The Morgan fingerprint density at radius 3 is 2.64 bits per heavy atom. The van der Waals surface area contributed by atoms with E-state index >= 15 is 0 Å². The Morgan fingerprint density at radius 2 is 1.91 bits per heavy atom. The molecule has 1 aliphatic rings. The zero-order valence-electron chi connectivity index (χ0n) is 17.7. The summed E-state index contributed by atoms with van der Waals surface area (Å²) >= 11 is 1.22. The van der Waals surface area contributed by atoms with Crippen molar-refractivity contribution >= 4 is 22.7 Å². The van der Waals surface area contributed by atoms with E-state index in [4.69, 9.17) is 14.0 Å². The van der Waals surface area contributed by atoms with Gasteiger partial charge in [0.1, 0.15) is 11.5 Å². The van der Waals surface area contributed by atoms with E-state index in [9.17, 15) is 13.6 Å². The predicted octanol–water partition coefficient (Wildman–Crippen LogP) is 4.37. The van der Waals surface area contributed by atoms with E-state index in [1.165, 1.54) is 16.3 Å². The fraction of sp³-hybridized carbons (Fsp3) is 0.273. The van der Waals surface area contributed by atoms with Crippen molar-refractivity contribution in [1.29, 1.82) is 0 Å². The number of ether oxygens (including phenoxy) is 2. The van der Waals surface area contributed by atoms with E-state index < -0.39 is 17.2 Å². The standard InChI is InChI=1S/C22H18F2N4O4S/c1-30-12-5-6-18(31-2)14(7-12)20-26-19(32-27-20)10-33-22-25-17-9-16(24)15(23)8-13(17)21(29)28(22)11-3-4-11/h5-9,11H,3-4,10H2,1-2H3. The molecule has 0 unspecified atom stereocenters. The number of hydrogen-bond acceptors (Lipinski definition) is 8. The van der Waals surface area contributed by atoms with Crippen molar-refractivity contribution in [2.24, 2.45) is 0 Å². The summed E-state index contributed by atoms with van der Waals surface area (Å²) in [6, 6.07) is 7.07. The van der Waals surface area contributed by atoms with Crippen LogP contribution in [0.2, 0.25) is 0 Å². The van der Waals surface area contributed by atoms with Gasteiger partial charge in [-0.15, -0.1) is 0 Å². The average Bonchev–Trinajstić information content (AvgIpc) is 3.54. The molecule has 2 aromatic heterocycles. The Labute approximate surface area is 190 Å². The zero-order valence-corrected chi connectivity index (χ0v) is 18.5. The number of rotatable bonds is 7. The van der Waals surface area contributed by atoms with Crippen LogP contribution in [0.4, 0.5) is 8.78 Å². The van der Waals surface area contributed by atoms with Crippen molar-refractivity contribution in [2.75, 3.05) is 14.2 Å². The molecule has 1 fully saturated rings. The highest BCUT2D eigenvalue weighted by atomic mass is 32.2. The lowest BCUT2D eigenvalue weighted by atomic mass is 10.2. The van der Waals surface area contributed by atoms with Gasteiger partial charge in [-0.25, -0.2) is 13.8 Å². The third kappa shape index (κ3) is 4.04. The molecule has 2 aromatic carbocycles. The number of benzene rings is 2. The number of methoxy groups -OCH3 is 2. The fourth-order valence-electron chi connectivity index (χ4n) is 3.47. The van der Waals surface area contributed by atoms with E-state index in [-0.39, 0.29) is 22.7 Å². The number of thioether (sulfide) groups is 1. The van der Waals surface area contributed by atoms with Crippen LogP contribution in [0.1, 0.15) is 24.8 Å². The first-order chi connectivity index (χ1) is 16.0. The number of hydrogen-bond donors (Lipinski definition) is 0. The van der Waals surface area contributed by atoms with Crippen LogP contribution in [-0.2, 0) is 5.75 Å². The van der Waals surface area contributed by atoms with Gasteiger partial charge in [0.25, 0.3) is 5.56 Å². The topological polar surface area (TPSA) is 92.3 Å². The third-order valence-electron chi connectivity index (χ3n) is 5.26. The fourth-order valence-corrected chi connectivity index (χ4v) is 4.37. The summed E-state index contributed by atoms with van der Waals surface area (Å²) < 4.78 is 45.0. The molecule has 5 rings (SSSR count). The first-order valence-corrected chi connectivity index (χ1v) is 11.1. The molecule has 170 valence electrons. The maximum Gasteiger partial charge on any atom is 0.262 e. The molecule has 0 atom stereocenters. The van der Waals surface area contributed by atoms with Crippen molar-refractivity contribution in [3.8, 4) is 22.9 Å². The summed E-state index contributed by atoms with van der Waals surface area (Å²) in [5.41, 5.74) is 0.315. The zero-order chi connectivity index (χ0) is 23.1. The highest BCUT2D eigenvalue weighted by molar-refractivity contribution is 7.98. The van der Waals surface area contributed by atoms with Gasteiger partial charge in [-0.05, 0) is 37.1 Å². The average molecular weight is 472 g/mol. The maximum absolute atomic E-state index is 13.7. The smallest absolute Gasteiger partial charge is 0.262 e. The monoisotopic (exact) mass is 472 g/mol. The Hall–Kier alpha value is -3.47. The van der Waals surface area contributed by atoms with Gasteiger partial charge >= 0.3 is 0 Å². The van der Waals surface area contributed by atoms with Gasteiger partial charge in [-0.2, -0.15) is 4.98 Å². The second-order valence-corrected chi connectivity index (χ2v) is 8.39. The Balaban J connectivity index is 1.46. The van der Waals surface area contributed by atoms with Gasteiger partial charge in [0.2, 0.25) is 11.7 Å². The molecule has 2 heterocycles. The van der Waals surface area contributed by atoms with Crippen molar-refractivity contribution < 1.29 is 22.8 Å². The summed E-state index contributed by atoms with van der Waals surface area (Å²) in [5.74, 6) is -0.0911. The largest absolute Gasteiger partial charge is 0.497 e. The molecule has 11 heteroatoms. The summed E-state index contributed by atoms with van der Waals surface area (Å²) in [7, 11) is 3.10. The minimum absolute atomic E-state index is 0.00990. The number of aromatic nitrogens is 4. The van der Waals surface area contributed by atoms with Gasteiger partial charge < -0.3 is 14.0 Å². The number of fused-ring (bicyclic) bond motifs is 1. The van der Waals surface area contributed by atoms with Gasteiger partial charge in [0, 0.05) is 12.1 Å². The van der Waals surface area contributed by atoms with Gasteiger partial charge in [-0.1, -0.05) is 16.9 Å². The third-order valence-corrected chi connectivity index (χ3v) is 6.20. The summed E-state index contributed by atoms with van der Waals surface area (Å²) in [6.07, 6.45) is 1.65. The highest BCUT2D eigenvalue weighted by Gasteiger charge is 2.29. The number of halogens is 2. The molecule has 1 aliphatic carbocycles. The van der Waals surface area contributed by atoms with Crippen molar-refractivity contribution in [3.63, 3.8) is 0 Å². The van der Waals surface area contributed by atoms with Crippen molar-refractivity contribution in [2.45, 2.75) is 29.8 Å². The van der Waals surface area contributed by atoms with E-state index in [1.54, 1.807) is 32.4 Å². The molecular weight excluding hydrogens is 454 g/mol. The van der Waals surface area contributed by atoms with Crippen LogP contribution < -0.4 is 15.0 Å². The Morgan fingerprint density at radius 1 is 1.12 bits per heavy atom. The van der Waals surface area contributed by atoms with Gasteiger partial charge in [-0.3, -0.25) is 9.36 Å². The highest BCUT2D eigenvalue weighted by Crippen LogP contribution is 2.38. The minimum Gasteiger partial charge on any atom is -0.497 e. The molecule has 0 radical (unpaired) electrons. The van der Waals surface area contributed by atoms with Crippen LogP contribution in [0.5, 0.6) is 11.5 Å². The lowest BCUT2D eigenvalue weighted by molar-refractivity contribution is 0.389. The SMILES string of the molecule is COc1ccc(OC)c(-c2noc(CSc3nc4cc(F)c(F)cc4c(=O)n3C3CC3)n2)c1. The lowest BCUT2D eigenvalue weighted by Crippen LogP contribution is -2.22. The first kappa shape index (κ1) is 21.4. The summed E-state index contributed by atoms with van der Waals surface area (Å²) in [4.78, 5) is 21.8. The molecule has 33 heavy (non-hydrogen) atoms. The first-order valence-electron chi connectivity index (χ1n) is 10.1. The molecule has 0 bridgehead atoms. The van der Waals surface area contributed by atoms with Gasteiger partial charge in [0.15, 0.2) is 16.8 Å². The van der Waals surface area contributed by atoms with Crippen LogP contribution in [0.3, 0.4) is 0 Å². The van der Waals surface area contributed by atoms with Crippen LogP contribution in [0.15, 0.2) is 44.8 Å². The molecular formula is C22H18F2N4O4S. The molecule has 4 aromatic rings. The van der Waals surface area contributed by atoms with Crippen LogP contribution >= 0.6 is 11.8 Å². The molecule has 0 N–H and O–H groups in total. The second-order valence-electron chi connectivity index (χ2n) is 7.45. The van der Waals surface area contributed by atoms with Crippen molar-refractivity contribution in [1.82, 2.24) is 19.7 Å². The van der Waals surface area contributed by atoms with E-state index in [1.807, 2.05) is 0 Å². The molecule has 8 nitrogen and oxygen atoms in total. The second kappa shape index (κ2) is 8.47. The Bertz CT molecular complexity index is 1420. The van der Waals surface area contributed by atoms with E-state index in [0.717, 1.165) is 25.0 Å². The summed E-state index contributed by atoms with van der Waals surface area (Å²) in [5, 5.41) is 4.47. The van der Waals surface area contributed by atoms with Crippen molar-refractivity contribution in [3.05, 3.63) is 58.2 Å². The number of nitrogens with zero attached hydrogens (tertiary/aromatic N) is 4. The van der Waals surface area contributed by atoms with E-state index in [2.05, 4.69) is 15.1 Å². The summed E-state index contributed by atoms with van der Waals surface area (Å²) in [6.45, 7) is 0. The quantitative estimate of drug-likeness (QED) is 0.289. The maximum atomic E-state index is 13.7. The van der Waals surface area contributed by atoms with E-state index in [0.29, 0.717) is 33.9 Å². The van der Waals surface area contributed by atoms with Crippen LogP contribution in [0.25, 0.3) is 22.3 Å². The Kier molecular flexibility index (Phi) is 5.49. The normalized spacial score (nSPS) is 13.5. The molecule has 0 amide bonds.